The largest absolute Gasteiger partial charge is 0.303 e. The van der Waals surface area contributed by atoms with Crippen molar-refractivity contribution >= 4 is 12.6 Å². The Morgan fingerprint density at radius 3 is 3.00 bits per heavy atom. The van der Waals surface area contributed by atoms with Crippen molar-refractivity contribution in [2.24, 2.45) is 0 Å². The third-order valence-electron chi connectivity index (χ3n) is 1.57. The summed E-state index contributed by atoms with van der Waals surface area (Å²) in [6, 6.07) is 0. The summed E-state index contributed by atoms with van der Waals surface area (Å²) in [5.41, 5.74) is 0. The van der Waals surface area contributed by atoms with Crippen LogP contribution in [0.2, 0.25) is 0 Å². The number of rotatable bonds is 3. The minimum atomic E-state index is 1.01. The first-order valence-corrected chi connectivity index (χ1v) is 4.10. The summed E-state index contributed by atoms with van der Waals surface area (Å²) in [4.78, 5) is 2.41. The molecule has 1 heterocycles. The predicted molar refractivity (Wildman–Crippen MR) is 42.9 cm³/mol. The number of hydrogen-bond acceptors (Lipinski definition) is 3. The summed E-state index contributed by atoms with van der Waals surface area (Å²) in [5, 5.41) is 3.28. The fourth-order valence-electron chi connectivity index (χ4n) is 1.04. The summed E-state index contributed by atoms with van der Waals surface area (Å²) in [6.07, 6.45) is 1.21. The van der Waals surface area contributed by atoms with E-state index in [-0.39, 0.29) is 0 Å². The molecule has 9 heavy (non-hydrogen) atoms. The van der Waals surface area contributed by atoms with Crippen molar-refractivity contribution in [1.82, 2.24) is 10.2 Å². The Hall–Kier alpha value is 0.270. The zero-order chi connectivity index (χ0) is 6.53. The van der Waals surface area contributed by atoms with Crippen molar-refractivity contribution in [3.63, 3.8) is 0 Å². The smallest absolute Gasteiger partial charge is 0.0481 e. The molecular formula is C6H14N2S. The molecule has 0 aromatic carbocycles. The van der Waals surface area contributed by atoms with Gasteiger partial charge in [-0.05, 0) is 12.2 Å². The van der Waals surface area contributed by atoms with E-state index in [4.69, 9.17) is 0 Å². The molecule has 0 saturated carbocycles. The van der Waals surface area contributed by atoms with Gasteiger partial charge in [0.2, 0.25) is 0 Å². The molecule has 54 valence electrons. The van der Waals surface area contributed by atoms with Gasteiger partial charge in [-0.1, -0.05) is 0 Å². The fraction of sp³-hybridized carbons (Fsp3) is 1.00. The topological polar surface area (TPSA) is 15.3 Å². The van der Waals surface area contributed by atoms with Crippen LogP contribution in [0.15, 0.2) is 0 Å². The molecular weight excluding hydrogens is 132 g/mol. The summed E-state index contributed by atoms with van der Waals surface area (Å²) < 4.78 is 0. The van der Waals surface area contributed by atoms with Crippen LogP contribution in [0.25, 0.3) is 0 Å². The molecule has 1 rings (SSSR count). The van der Waals surface area contributed by atoms with E-state index in [0.29, 0.717) is 0 Å². The van der Waals surface area contributed by atoms with Gasteiger partial charge in [-0.15, -0.1) is 0 Å². The molecule has 1 fully saturated rings. The summed E-state index contributed by atoms with van der Waals surface area (Å²) in [5.74, 6) is 1.01. The fourth-order valence-corrected chi connectivity index (χ4v) is 1.18. The molecule has 1 N–H and O–H groups in total. The first-order chi connectivity index (χ1) is 4.43. The summed E-state index contributed by atoms with van der Waals surface area (Å²) in [6.45, 7) is 4.66. The van der Waals surface area contributed by atoms with Crippen molar-refractivity contribution in [2.75, 3.05) is 32.1 Å². The second-order valence-electron chi connectivity index (χ2n) is 2.35. The maximum atomic E-state index is 4.15. The number of thiol groups is 1. The van der Waals surface area contributed by atoms with E-state index in [9.17, 15) is 0 Å². The van der Waals surface area contributed by atoms with E-state index in [1.807, 2.05) is 0 Å². The second-order valence-corrected chi connectivity index (χ2v) is 2.80. The lowest BCUT2D eigenvalue weighted by molar-refractivity contribution is 0.337. The van der Waals surface area contributed by atoms with E-state index in [1.165, 1.54) is 19.5 Å². The third-order valence-corrected chi connectivity index (χ3v) is 1.89. The van der Waals surface area contributed by atoms with E-state index < -0.39 is 0 Å². The molecule has 0 aliphatic carbocycles. The van der Waals surface area contributed by atoms with Gasteiger partial charge >= 0.3 is 0 Å². The molecule has 1 aliphatic rings. The zero-order valence-corrected chi connectivity index (χ0v) is 6.53. The van der Waals surface area contributed by atoms with E-state index in [2.05, 4.69) is 22.8 Å². The Balaban J connectivity index is 1.98. The molecule has 0 amide bonds. The molecule has 0 unspecified atom stereocenters. The molecule has 0 aromatic heterocycles. The van der Waals surface area contributed by atoms with Gasteiger partial charge < -0.3 is 5.32 Å². The average Bonchev–Trinajstić information content (AvgIpc) is 2.34. The Kier molecular flexibility index (Phi) is 3.40. The second kappa shape index (κ2) is 4.14. The van der Waals surface area contributed by atoms with Crippen LogP contribution in [-0.2, 0) is 0 Å². The SMILES string of the molecule is SCCCN1CCNC1. The Labute approximate surface area is 62.0 Å². The minimum absolute atomic E-state index is 1.01. The van der Waals surface area contributed by atoms with Crippen molar-refractivity contribution in [1.29, 1.82) is 0 Å². The van der Waals surface area contributed by atoms with E-state index in [1.54, 1.807) is 0 Å². The van der Waals surface area contributed by atoms with Gasteiger partial charge in [0.25, 0.3) is 0 Å². The molecule has 0 radical (unpaired) electrons. The van der Waals surface area contributed by atoms with Gasteiger partial charge in [0.15, 0.2) is 0 Å². The van der Waals surface area contributed by atoms with Crippen LogP contribution in [0.5, 0.6) is 0 Å². The molecule has 1 aliphatic heterocycles. The molecule has 1 saturated heterocycles. The van der Waals surface area contributed by atoms with Gasteiger partial charge in [0, 0.05) is 26.3 Å². The van der Waals surface area contributed by atoms with Crippen molar-refractivity contribution in [3.05, 3.63) is 0 Å². The standard InChI is InChI=1S/C6H14N2S/c9-5-1-3-8-4-2-7-6-8/h7,9H,1-6H2. The van der Waals surface area contributed by atoms with Crippen LogP contribution in [0.1, 0.15) is 6.42 Å². The molecule has 3 heteroatoms. The van der Waals surface area contributed by atoms with Crippen LogP contribution in [0.3, 0.4) is 0 Å². The third kappa shape index (κ3) is 2.56. The monoisotopic (exact) mass is 146 g/mol. The Bertz CT molecular complexity index is 71.5. The predicted octanol–water partition coefficient (Wildman–Crippen LogP) is 0.169. The maximum Gasteiger partial charge on any atom is 0.0481 e. The van der Waals surface area contributed by atoms with Crippen LogP contribution in [0.4, 0.5) is 0 Å². The summed E-state index contributed by atoms with van der Waals surface area (Å²) >= 11 is 4.15. The first-order valence-electron chi connectivity index (χ1n) is 3.47. The van der Waals surface area contributed by atoms with Gasteiger partial charge in [-0.3, -0.25) is 4.90 Å². The molecule has 0 spiro atoms. The van der Waals surface area contributed by atoms with Crippen molar-refractivity contribution < 1.29 is 0 Å². The lowest BCUT2D eigenvalue weighted by atomic mass is 10.4. The highest BCUT2D eigenvalue weighted by molar-refractivity contribution is 7.80. The number of hydrogen-bond donors (Lipinski definition) is 2. The highest BCUT2D eigenvalue weighted by Gasteiger charge is 2.08. The summed E-state index contributed by atoms with van der Waals surface area (Å²) in [7, 11) is 0. The van der Waals surface area contributed by atoms with E-state index in [0.717, 1.165) is 19.0 Å². The quantitative estimate of drug-likeness (QED) is 0.552. The maximum absolute atomic E-state index is 4.15. The lowest BCUT2D eigenvalue weighted by Crippen LogP contribution is -2.23. The highest BCUT2D eigenvalue weighted by atomic mass is 32.1. The number of nitrogens with one attached hydrogen (secondary N) is 1. The normalized spacial score (nSPS) is 21.0. The molecule has 0 aromatic rings. The van der Waals surface area contributed by atoms with Crippen LogP contribution < -0.4 is 5.32 Å². The van der Waals surface area contributed by atoms with Crippen molar-refractivity contribution in [2.45, 2.75) is 6.42 Å². The highest BCUT2D eigenvalue weighted by Crippen LogP contribution is 1.94. The molecule has 0 atom stereocenters. The van der Waals surface area contributed by atoms with Crippen LogP contribution in [-0.4, -0.2) is 37.0 Å². The van der Waals surface area contributed by atoms with Gasteiger partial charge in [0.05, 0.1) is 0 Å². The van der Waals surface area contributed by atoms with Crippen LogP contribution in [0, 0.1) is 0 Å². The average molecular weight is 146 g/mol. The Morgan fingerprint density at radius 2 is 2.44 bits per heavy atom. The van der Waals surface area contributed by atoms with E-state index >= 15 is 0 Å². The van der Waals surface area contributed by atoms with Gasteiger partial charge in [0.1, 0.15) is 0 Å². The Morgan fingerprint density at radius 1 is 1.56 bits per heavy atom. The van der Waals surface area contributed by atoms with Crippen LogP contribution >= 0.6 is 12.6 Å². The number of nitrogens with zero attached hydrogens (tertiary/aromatic N) is 1. The minimum Gasteiger partial charge on any atom is -0.303 e. The molecule has 2 nitrogen and oxygen atoms in total. The first kappa shape index (κ1) is 7.38. The van der Waals surface area contributed by atoms with Gasteiger partial charge in [-0.2, -0.15) is 12.6 Å². The molecule has 0 bridgehead atoms. The lowest BCUT2D eigenvalue weighted by Gasteiger charge is -2.11. The zero-order valence-electron chi connectivity index (χ0n) is 5.64. The van der Waals surface area contributed by atoms with Crippen molar-refractivity contribution in [3.8, 4) is 0 Å². The van der Waals surface area contributed by atoms with Gasteiger partial charge in [-0.25, -0.2) is 0 Å².